The van der Waals surface area contributed by atoms with Crippen LogP contribution in [0.1, 0.15) is 82.1 Å². The largest absolute Gasteiger partial charge is 0.462 e. The molecular formula is C24H44O8. The van der Waals surface area contributed by atoms with Gasteiger partial charge in [-0.05, 0) is 68.2 Å². The van der Waals surface area contributed by atoms with Gasteiger partial charge in [0.25, 0.3) is 0 Å². The molecule has 0 saturated carbocycles. The van der Waals surface area contributed by atoms with Crippen LogP contribution in [-0.2, 0) is 38.0 Å². The third kappa shape index (κ3) is 9.33. The fourth-order valence-electron chi connectivity index (χ4n) is 2.71. The molecule has 8 heteroatoms. The van der Waals surface area contributed by atoms with E-state index >= 15 is 0 Å². The lowest BCUT2D eigenvalue weighted by Crippen LogP contribution is -2.30. The normalized spacial score (nSPS) is 24.4. The topological polar surface area (TPSA) is 89.5 Å². The van der Waals surface area contributed by atoms with E-state index in [1.165, 1.54) is 0 Å². The molecule has 2 atom stereocenters. The number of carbonyl (C=O) groups is 2. The standard InChI is InChI=1S/2C12H22O4/c2*1-6-11(2,3)10(13)14-7-9-8-15-12(4,5)16-9/h2*9H,6-8H2,1-5H3. The first kappa shape index (κ1) is 28.8. The minimum Gasteiger partial charge on any atom is -0.462 e. The molecule has 0 N–H and O–H groups in total. The van der Waals surface area contributed by atoms with Crippen molar-refractivity contribution >= 4 is 11.9 Å². The zero-order chi connectivity index (χ0) is 24.8. The molecule has 2 heterocycles. The second-order valence-corrected chi connectivity index (χ2v) is 10.6. The lowest BCUT2D eigenvalue weighted by molar-refractivity contribution is -0.165. The molecule has 2 unspecified atom stereocenters. The summed E-state index contributed by atoms with van der Waals surface area (Å²) in [6.07, 6.45) is 1.23. The van der Waals surface area contributed by atoms with Gasteiger partial charge < -0.3 is 28.4 Å². The van der Waals surface area contributed by atoms with Crippen molar-refractivity contribution in [2.24, 2.45) is 10.8 Å². The Morgan fingerprint density at radius 3 is 1.28 bits per heavy atom. The Labute approximate surface area is 193 Å². The van der Waals surface area contributed by atoms with Crippen LogP contribution >= 0.6 is 0 Å². The summed E-state index contributed by atoms with van der Waals surface area (Å²) in [5.74, 6) is -1.47. The van der Waals surface area contributed by atoms with E-state index in [9.17, 15) is 9.59 Å². The fraction of sp³-hybridized carbons (Fsp3) is 0.917. The lowest BCUT2D eigenvalue weighted by Gasteiger charge is -2.22. The average molecular weight is 461 g/mol. The highest BCUT2D eigenvalue weighted by Crippen LogP contribution is 2.26. The Bertz CT molecular complexity index is 569. The molecule has 0 aromatic heterocycles. The zero-order valence-corrected chi connectivity index (χ0v) is 21.7. The molecule has 2 aliphatic heterocycles. The van der Waals surface area contributed by atoms with E-state index in [2.05, 4.69) is 0 Å². The van der Waals surface area contributed by atoms with Gasteiger partial charge in [-0.3, -0.25) is 9.59 Å². The maximum Gasteiger partial charge on any atom is 0.311 e. The van der Waals surface area contributed by atoms with Crippen molar-refractivity contribution in [2.45, 2.75) is 106 Å². The zero-order valence-electron chi connectivity index (χ0n) is 21.7. The predicted octanol–water partition coefficient (Wildman–Crippen LogP) is 4.23. The van der Waals surface area contributed by atoms with Gasteiger partial charge in [0.1, 0.15) is 25.4 Å². The van der Waals surface area contributed by atoms with Crippen LogP contribution < -0.4 is 0 Å². The summed E-state index contributed by atoms with van der Waals surface area (Å²) in [5.41, 5.74) is -0.843. The minimum atomic E-state index is -0.558. The Morgan fingerprint density at radius 1 is 0.750 bits per heavy atom. The third-order valence-electron chi connectivity index (χ3n) is 5.81. The van der Waals surface area contributed by atoms with Crippen molar-refractivity contribution in [3.05, 3.63) is 0 Å². The summed E-state index contributed by atoms with van der Waals surface area (Å²) >= 11 is 0. The molecule has 0 bridgehead atoms. The quantitative estimate of drug-likeness (QED) is 0.497. The minimum absolute atomic E-state index is 0.147. The molecule has 2 rings (SSSR count). The van der Waals surface area contributed by atoms with Crippen LogP contribution in [0, 0.1) is 10.8 Å². The molecule has 0 radical (unpaired) electrons. The second kappa shape index (κ2) is 11.3. The number of ether oxygens (including phenoxy) is 6. The van der Waals surface area contributed by atoms with Gasteiger partial charge in [-0.1, -0.05) is 13.8 Å². The summed E-state index contributed by atoms with van der Waals surface area (Å²) < 4.78 is 32.3. The molecule has 32 heavy (non-hydrogen) atoms. The predicted molar refractivity (Wildman–Crippen MR) is 120 cm³/mol. The third-order valence-corrected chi connectivity index (χ3v) is 5.81. The van der Waals surface area contributed by atoms with Gasteiger partial charge in [0.15, 0.2) is 11.6 Å². The van der Waals surface area contributed by atoms with Gasteiger partial charge >= 0.3 is 11.9 Å². The van der Waals surface area contributed by atoms with Crippen LogP contribution in [0.2, 0.25) is 0 Å². The van der Waals surface area contributed by atoms with E-state index in [-0.39, 0.29) is 37.4 Å². The lowest BCUT2D eigenvalue weighted by atomic mass is 9.91. The molecule has 2 saturated heterocycles. The molecule has 0 spiro atoms. The molecule has 2 fully saturated rings. The molecule has 0 aromatic carbocycles. The Morgan fingerprint density at radius 2 is 1.06 bits per heavy atom. The highest BCUT2D eigenvalue weighted by molar-refractivity contribution is 5.76. The summed E-state index contributed by atoms with van der Waals surface area (Å²) in [5, 5.41) is 0. The van der Waals surface area contributed by atoms with Crippen LogP contribution in [0.25, 0.3) is 0 Å². The Balaban J connectivity index is 0.000000320. The van der Waals surface area contributed by atoms with Gasteiger partial charge in [-0.25, -0.2) is 0 Å². The molecule has 0 aliphatic carbocycles. The molecule has 188 valence electrons. The summed E-state index contributed by atoms with van der Waals surface area (Å²) in [4.78, 5) is 23.4. The first-order chi connectivity index (χ1) is 14.5. The van der Waals surface area contributed by atoms with E-state index in [4.69, 9.17) is 28.4 Å². The van der Waals surface area contributed by atoms with Crippen molar-refractivity contribution in [3.63, 3.8) is 0 Å². The second-order valence-electron chi connectivity index (χ2n) is 10.6. The van der Waals surface area contributed by atoms with Gasteiger partial charge in [-0.2, -0.15) is 0 Å². The summed E-state index contributed by atoms with van der Waals surface area (Å²) in [7, 11) is 0. The number of hydrogen-bond acceptors (Lipinski definition) is 8. The first-order valence-electron chi connectivity index (χ1n) is 11.5. The molecular weight excluding hydrogens is 416 g/mol. The smallest absolute Gasteiger partial charge is 0.311 e. The van der Waals surface area contributed by atoms with Gasteiger partial charge in [0, 0.05) is 0 Å². The van der Waals surface area contributed by atoms with Crippen LogP contribution in [0.5, 0.6) is 0 Å². The van der Waals surface area contributed by atoms with Crippen molar-refractivity contribution in [3.8, 4) is 0 Å². The highest BCUT2D eigenvalue weighted by Gasteiger charge is 2.36. The van der Waals surface area contributed by atoms with Crippen molar-refractivity contribution < 1.29 is 38.0 Å². The highest BCUT2D eigenvalue weighted by atomic mass is 16.8. The number of carbonyl (C=O) groups excluding carboxylic acids is 2. The number of rotatable bonds is 8. The van der Waals surface area contributed by atoms with Crippen LogP contribution in [0.15, 0.2) is 0 Å². The first-order valence-corrected chi connectivity index (χ1v) is 11.5. The van der Waals surface area contributed by atoms with Gasteiger partial charge in [0.05, 0.1) is 24.0 Å². The van der Waals surface area contributed by atoms with Crippen molar-refractivity contribution in [1.82, 2.24) is 0 Å². The Hall–Kier alpha value is -1.22. The number of hydrogen-bond donors (Lipinski definition) is 0. The van der Waals surface area contributed by atoms with Crippen LogP contribution in [0.4, 0.5) is 0 Å². The SMILES string of the molecule is CCC(C)(C)C(=O)OCC1COC(C)(C)O1.CCC(C)(C)C(=O)OCC1COC(C)(C)O1. The average Bonchev–Trinajstić information content (AvgIpc) is 3.24. The number of esters is 2. The molecule has 2 aliphatic rings. The monoisotopic (exact) mass is 460 g/mol. The van der Waals surface area contributed by atoms with Gasteiger partial charge in [-0.15, -0.1) is 0 Å². The van der Waals surface area contributed by atoms with Crippen LogP contribution in [0.3, 0.4) is 0 Å². The summed E-state index contributed by atoms with van der Waals surface area (Å²) in [6, 6.07) is 0. The molecule has 0 aromatic rings. The summed E-state index contributed by atoms with van der Waals surface area (Å²) in [6.45, 7) is 20.4. The van der Waals surface area contributed by atoms with E-state index in [1.54, 1.807) is 0 Å². The Kier molecular flexibility index (Phi) is 10.1. The van der Waals surface area contributed by atoms with E-state index < -0.39 is 22.4 Å². The van der Waals surface area contributed by atoms with Crippen molar-refractivity contribution in [1.29, 1.82) is 0 Å². The molecule has 0 amide bonds. The van der Waals surface area contributed by atoms with E-state index in [0.29, 0.717) is 13.2 Å². The van der Waals surface area contributed by atoms with Gasteiger partial charge in [0.2, 0.25) is 0 Å². The van der Waals surface area contributed by atoms with Crippen LogP contribution in [-0.4, -0.2) is 62.1 Å². The molecule has 8 nitrogen and oxygen atoms in total. The van der Waals surface area contributed by atoms with E-state index in [1.807, 2.05) is 69.2 Å². The maximum absolute atomic E-state index is 11.7. The maximum atomic E-state index is 11.7. The van der Waals surface area contributed by atoms with Crippen molar-refractivity contribution in [2.75, 3.05) is 26.4 Å². The van der Waals surface area contributed by atoms with E-state index in [0.717, 1.165) is 12.8 Å². The fourth-order valence-corrected chi connectivity index (χ4v) is 2.71.